The van der Waals surface area contributed by atoms with Crippen LogP contribution in [0.2, 0.25) is 0 Å². The fourth-order valence-corrected chi connectivity index (χ4v) is 1.76. The fourth-order valence-electron chi connectivity index (χ4n) is 0.969. The topological polar surface area (TPSA) is 20.2 Å². The second-order valence-corrected chi connectivity index (χ2v) is 3.91. The maximum Gasteiger partial charge on any atom is 0.0540 e. The Morgan fingerprint density at radius 2 is 1.79 bits per heavy atom. The molecular formula is C12H14OS. The first-order valence-electron chi connectivity index (χ1n) is 4.68. The lowest BCUT2D eigenvalue weighted by Gasteiger charge is -1.96. The lowest BCUT2D eigenvalue weighted by Crippen LogP contribution is -1.78. The minimum absolute atomic E-state index is 0.166. The van der Waals surface area contributed by atoms with Crippen molar-refractivity contribution in [2.45, 2.75) is 17.7 Å². The maximum atomic E-state index is 8.49. The van der Waals surface area contributed by atoms with Gasteiger partial charge >= 0.3 is 0 Å². The minimum Gasteiger partial charge on any atom is -0.395 e. The van der Waals surface area contributed by atoms with Crippen molar-refractivity contribution in [3.63, 3.8) is 0 Å². The van der Waals surface area contributed by atoms with Gasteiger partial charge in [-0.3, -0.25) is 0 Å². The molecule has 1 aromatic carbocycles. The van der Waals surface area contributed by atoms with Gasteiger partial charge in [0.05, 0.1) is 6.61 Å². The van der Waals surface area contributed by atoms with Crippen molar-refractivity contribution in [2.24, 2.45) is 0 Å². The fraction of sp³-hybridized carbons (Fsp3) is 0.333. The van der Waals surface area contributed by atoms with Crippen LogP contribution in [0, 0.1) is 11.8 Å². The van der Waals surface area contributed by atoms with E-state index in [0.29, 0.717) is 6.42 Å². The average molecular weight is 206 g/mol. The predicted molar refractivity (Wildman–Crippen MR) is 61.3 cm³/mol. The first-order valence-corrected chi connectivity index (χ1v) is 5.66. The number of aliphatic hydroxyl groups is 1. The zero-order valence-electron chi connectivity index (χ0n) is 8.07. The molecule has 1 rings (SSSR count). The molecule has 0 aliphatic carbocycles. The average Bonchev–Trinajstić information content (AvgIpc) is 2.25. The molecule has 0 spiro atoms. The van der Waals surface area contributed by atoms with Crippen molar-refractivity contribution >= 4 is 11.8 Å². The van der Waals surface area contributed by atoms with Gasteiger partial charge in [0.2, 0.25) is 0 Å². The molecule has 0 fully saturated rings. The summed E-state index contributed by atoms with van der Waals surface area (Å²) in [5.41, 5.74) is 0. The second kappa shape index (κ2) is 7.49. The Hall–Kier alpha value is -0.910. The molecule has 2 heteroatoms. The molecule has 0 aliphatic rings. The molecule has 0 radical (unpaired) electrons. The number of hydrogen-bond donors (Lipinski definition) is 1. The molecule has 0 aliphatic heterocycles. The summed E-state index contributed by atoms with van der Waals surface area (Å²) in [6.45, 7) is 0.166. The highest BCUT2D eigenvalue weighted by Crippen LogP contribution is 2.17. The Kier molecular flexibility index (Phi) is 5.97. The molecule has 0 saturated heterocycles. The van der Waals surface area contributed by atoms with Crippen molar-refractivity contribution in [1.29, 1.82) is 0 Å². The first kappa shape index (κ1) is 11.2. The Morgan fingerprint density at radius 1 is 1.07 bits per heavy atom. The molecule has 0 heterocycles. The molecule has 0 amide bonds. The van der Waals surface area contributed by atoms with Gasteiger partial charge in [-0.2, -0.15) is 0 Å². The van der Waals surface area contributed by atoms with Gasteiger partial charge in [0, 0.05) is 23.5 Å². The van der Waals surface area contributed by atoms with Crippen LogP contribution in [-0.2, 0) is 0 Å². The van der Waals surface area contributed by atoms with Gasteiger partial charge in [0.25, 0.3) is 0 Å². The van der Waals surface area contributed by atoms with Crippen LogP contribution in [0.4, 0.5) is 0 Å². The minimum atomic E-state index is 0.166. The smallest absolute Gasteiger partial charge is 0.0540 e. The highest BCUT2D eigenvalue weighted by Gasteiger charge is 1.89. The van der Waals surface area contributed by atoms with Gasteiger partial charge in [-0.15, -0.1) is 23.6 Å². The number of hydrogen-bond acceptors (Lipinski definition) is 2. The molecule has 14 heavy (non-hydrogen) atoms. The van der Waals surface area contributed by atoms with Crippen LogP contribution in [-0.4, -0.2) is 17.5 Å². The molecule has 0 atom stereocenters. The Balaban J connectivity index is 2.14. The third kappa shape index (κ3) is 4.96. The Labute approximate surface area is 89.5 Å². The molecule has 0 aromatic heterocycles. The lowest BCUT2D eigenvalue weighted by molar-refractivity contribution is 0.305. The van der Waals surface area contributed by atoms with Crippen molar-refractivity contribution in [3.05, 3.63) is 30.3 Å². The molecule has 1 aromatic rings. The van der Waals surface area contributed by atoms with Crippen LogP contribution < -0.4 is 0 Å². The quantitative estimate of drug-likeness (QED) is 0.464. The standard InChI is InChI=1S/C12H14OS/c13-10-6-1-2-7-11-14-12-8-4-3-5-9-12/h3-5,8-9,13H,6-7,10-11H2. The van der Waals surface area contributed by atoms with Crippen LogP contribution in [0.3, 0.4) is 0 Å². The van der Waals surface area contributed by atoms with E-state index in [1.807, 2.05) is 30.0 Å². The molecule has 74 valence electrons. The monoisotopic (exact) mass is 206 g/mol. The molecular weight excluding hydrogens is 192 g/mol. The summed E-state index contributed by atoms with van der Waals surface area (Å²) in [6.07, 6.45) is 1.48. The summed E-state index contributed by atoms with van der Waals surface area (Å²) in [5, 5.41) is 8.49. The highest BCUT2D eigenvalue weighted by molar-refractivity contribution is 7.99. The van der Waals surface area contributed by atoms with Gasteiger partial charge in [0.15, 0.2) is 0 Å². The van der Waals surface area contributed by atoms with E-state index in [4.69, 9.17) is 5.11 Å². The van der Waals surface area contributed by atoms with E-state index in [9.17, 15) is 0 Å². The van der Waals surface area contributed by atoms with E-state index >= 15 is 0 Å². The zero-order valence-corrected chi connectivity index (χ0v) is 8.89. The summed E-state index contributed by atoms with van der Waals surface area (Å²) in [4.78, 5) is 1.29. The Bertz CT molecular complexity index is 297. The first-order chi connectivity index (χ1) is 6.93. The van der Waals surface area contributed by atoms with Crippen LogP contribution in [0.25, 0.3) is 0 Å². The number of benzene rings is 1. The van der Waals surface area contributed by atoms with Crippen LogP contribution in [0.15, 0.2) is 35.2 Å². The van der Waals surface area contributed by atoms with Gasteiger partial charge in [0.1, 0.15) is 0 Å². The second-order valence-electron chi connectivity index (χ2n) is 2.74. The van der Waals surface area contributed by atoms with E-state index in [0.717, 1.165) is 12.2 Å². The van der Waals surface area contributed by atoms with Gasteiger partial charge in [-0.05, 0) is 12.1 Å². The van der Waals surface area contributed by atoms with Crippen LogP contribution in [0.5, 0.6) is 0 Å². The van der Waals surface area contributed by atoms with Crippen LogP contribution in [0.1, 0.15) is 12.8 Å². The largest absolute Gasteiger partial charge is 0.395 e. The van der Waals surface area contributed by atoms with Gasteiger partial charge < -0.3 is 5.11 Å². The van der Waals surface area contributed by atoms with Crippen molar-refractivity contribution in [2.75, 3.05) is 12.4 Å². The summed E-state index contributed by atoms with van der Waals surface area (Å²) in [7, 11) is 0. The third-order valence-corrected chi connectivity index (χ3v) is 2.61. The summed E-state index contributed by atoms with van der Waals surface area (Å²) in [6, 6.07) is 10.3. The summed E-state index contributed by atoms with van der Waals surface area (Å²) in [5.74, 6) is 6.95. The highest BCUT2D eigenvalue weighted by atomic mass is 32.2. The van der Waals surface area contributed by atoms with E-state index in [-0.39, 0.29) is 6.61 Å². The number of aliphatic hydroxyl groups excluding tert-OH is 1. The zero-order chi connectivity index (χ0) is 10.1. The van der Waals surface area contributed by atoms with E-state index in [1.165, 1.54) is 4.90 Å². The normalized spacial score (nSPS) is 9.21. The predicted octanol–water partition coefficient (Wildman–Crippen LogP) is 2.55. The molecule has 0 bridgehead atoms. The molecule has 1 nitrogen and oxygen atoms in total. The number of thioether (sulfide) groups is 1. The lowest BCUT2D eigenvalue weighted by atomic mass is 10.4. The van der Waals surface area contributed by atoms with E-state index in [2.05, 4.69) is 24.0 Å². The molecule has 0 unspecified atom stereocenters. The van der Waals surface area contributed by atoms with E-state index in [1.54, 1.807) is 0 Å². The summed E-state index contributed by atoms with van der Waals surface area (Å²) >= 11 is 1.81. The van der Waals surface area contributed by atoms with Gasteiger partial charge in [-0.1, -0.05) is 18.2 Å². The maximum absolute atomic E-state index is 8.49. The SMILES string of the molecule is OCCC#CCCSc1ccccc1. The van der Waals surface area contributed by atoms with Crippen LogP contribution >= 0.6 is 11.8 Å². The van der Waals surface area contributed by atoms with Gasteiger partial charge in [-0.25, -0.2) is 0 Å². The third-order valence-electron chi connectivity index (χ3n) is 1.60. The Morgan fingerprint density at radius 3 is 2.50 bits per heavy atom. The van der Waals surface area contributed by atoms with E-state index < -0.39 is 0 Å². The van der Waals surface area contributed by atoms with Crippen molar-refractivity contribution in [3.8, 4) is 11.8 Å². The molecule has 1 N–H and O–H groups in total. The van der Waals surface area contributed by atoms with Crippen molar-refractivity contribution in [1.82, 2.24) is 0 Å². The summed E-state index contributed by atoms with van der Waals surface area (Å²) < 4.78 is 0. The number of rotatable bonds is 4. The molecule has 0 saturated carbocycles. The van der Waals surface area contributed by atoms with Crippen molar-refractivity contribution < 1.29 is 5.11 Å².